The maximum absolute atomic E-state index is 12.2. The smallest absolute Gasteiger partial charge is 0.323 e. The first kappa shape index (κ1) is 16.7. The molecule has 0 unspecified atom stereocenters. The van der Waals surface area contributed by atoms with Gasteiger partial charge in [0.05, 0.1) is 12.8 Å². The number of urea groups is 1. The Morgan fingerprint density at radius 1 is 1.08 bits per heavy atom. The Kier molecular flexibility index (Phi) is 5.43. The molecule has 0 radical (unpaired) electrons. The summed E-state index contributed by atoms with van der Waals surface area (Å²) in [4.78, 5) is 12.2. The molecule has 0 saturated carbocycles. The van der Waals surface area contributed by atoms with Gasteiger partial charge in [-0.1, -0.05) is 47.6 Å². The SMILES string of the molecule is CCOCc1ccc(NC(=O)Nc2cnoc2-c2ccccc2)cc1. The molecule has 0 aliphatic heterocycles. The number of nitrogens with one attached hydrogen (secondary N) is 2. The fourth-order valence-corrected chi connectivity index (χ4v) is 2.32. The Hall–Kier alpha value is -3.12. The summed E-state index contributed by atoms with van der Waals surface area (Å²) in [5.41, 5.74) is 3.10. The van der Waals surface area contributed by atoms with E-state index in [1.807, 2.05) is 61.5 Å². The van der Waals surface area contributed by atoms with Gasteiger partial charge in [-0.3, -0.25) is 0 Å². The Bertz CT molecular complexity index is 813. The molecule has 6 heteroatoms. The van der Waals surface area contributed by atoms with E-state index in [1.165, 1.54) is 6.20 Å². The van der Waals surface area contributed by atoms with Gasteiger partial charge in [-0.15, -0.1) is 0 Å². The van der Waals surface area contributed by atoms with E-state index < -0.39 is 0 Å². The molecule has 0 atom stereocenters. The van der Waals surface area contributed by atoms with Crippen molar-refractivity contribution in [2.45, 2.75) is 13.5 Å². The van der Waals surface area contributed by atoms with Gasteiger partial charge in [0, 0.05) is 17.9 Å². The first-order chi connectivity index (χ1) is 12.3. The Labute approximate surface area is 145 Å². The van der Waals surface area contributed by atoms with Gasteiger partial charge in [0.1, 0.15) is 5.69 Å². The molecule has 0 fully saturated rings. The lowest BCUT2D eigenvalue weighted by Gasteiger charge is -2.08. The molecule has 2 aromatic carbocycles. The predicted molar refractivity (Wildman–Crippen MR) is 96.4 cm³/mol. The van der Waals surface area contributed by atoms with Crippen LogP contribution in [0.2, 0.25) is 0 Å². The van der Waals surface area contributed by atoms with Crippen molar-refractivity contribution in [2.24, 2.45) is 0 Å². The van der Waals surface area contributed by atoms with Crippen LogP contribution in [-0.2, 0) is 11.3 Å². The predicted octanol–water partition coefficient (Wildman–Crippen LogP) is 4.52. The zero-order valence-corrected chi connectivity index (χ0v) is 13.9. The third-order valence-electron chi connectivity index (χ3n) is 3.54. The largest absolute Gasteiger partial charge is 0.377 e. The van der Waals surface area contributed by atoms with Crippen molar-refractivity contribution in [1.29, 1.82) is 0 Å². The molecule has 0 saturated heterocycles. The Morgan fingerprint density at radius 3 is 2.56 bits per heavy atom. The summed E-state index contributed by atoms with van der Waals surface area (Å²) in [7, 11) is 0. The molecule has 0 aliphatic rings. The lowest BCUT2D eigenvalue weighted by Crippen LogP contribution is -2.19. The molecule has 0 bridgehead atoms. The van der Waals surface area contributed by atoms with E-state index >= 15 is 0 Å². The van der Waals surface area contributed by atoms with E-state index in [1.54, 1.807) is 0 Å². The van der Waals surface area contributed by atoms with Crippen LogP contribution in [0.1, 0.15) is 12.5 Å². The van der Waals surface area contributed by atoms with Gasteiger partial charge >= 0.3 is 6.03 Å². The first-order valence-electron chi connectivity index (χ1n) is 8.01. The second kappa shape index (κ2) is 8.12. The van der Waals surface area contributed by atoms with E-state index in [2.05, 4.69) is 15.8 Å². The molecule has 0 spiro atoms. The molecule has 1 aromatic heterocycles. The molecule has 0 aliphatic carbocycles. The van der Waals surface area contributed by atoms with Crippen molar-refractivity contribution >= 4 is 17.4 Å². The highest BCUT2D eigenvalue weighted by Crippen LogP contribution is 2.27. The van der Waals surface area contributed by atoms with Gasteiger partial charge in [0.15, 0.2) is 5.76 Å². The number of rotatable bonds is 6. The third kappa shape index (κ3) is 4.45. The molecule has 6 nitrogen and oxygen atoms in total. The van der Waals surface area contributed by atoms with Crippen LogP contribution < -0.4 is 10.6 Å². The summed E-state index contributed by atoms with van der Waals surface area (Å²) in [6.07, 6.45) is 1.48. The molecule has 3 aromatic rings. The second-order valence-electron chi connectivity index (χ2n) is 5.35. The van der Waals surface area contributed by atoms with Crippen LogP contribution in [0.5, 0.6) is 0 Å². The molecular weight excluding hydrogens is 318 g/mol. The van der Waals surface area contributed by atoms with Crippen LogP contribution in [0.4, 0.5) is 16.2 Å². The molecule has 3 rings (SSSR count). The van der Waals surface area contributed by atoms with E-state index in [4.69, 9.17) is 9.26 Å². The van der Waals surface area contributed by atoms with Crippen molar-refractivity contribution in [3.05, 3.63) is 66.4 Å². The zero-order chi connectivity index (χ0) is 17.5. The van der Waals surface area contributed by atoms with Gasteiger partial charge in [-0.05, 0) is 24.6 Å². The van der Waals surface area contributed by atoms with Crippen LogP contribution in [-0.4, -0.2) is 17.8 Å². The monoisotopic (exact) mass is 337 g/mol. The summed E-state index contributed by atoms with van der Waals surface area (Å²) in [5.74, 6) is 0.516. The Balaban J connectivity index is 1.63. The van der Waals surface area contributed by atoms with Crippen LogP contribution in [0.3, 0.4) is 0 Å². The highest BCUT2D eigenvalue weighted by molar-refractivity contribution is 6.01. The highest BCUT2D eigenvalue weighted by atomic mass is 16.5. The number of anilines is 2. The van der Waals surface area contributed by atoms with Gasteiger partial charge in [0.25, 0.3) is 0 Å². The summed E-state index contributed by atoms with van der Waals surface area (Å²) >= 11 is 0. The number of carbonyl (C=O) groups is 1. The number of benzene rings is 2. The lowest BCUT2D eigenvalue weighted by atomic mass is 10.1. The number of hydrogen-bond donors (Lipinski definition) is 2. The minimum absolute atomic E-state index is 0.363. The van der Waals surface area contributed by atoms with E-state index in [-0.39, 0.29) is 6.03 Å². The summed E-state index contributed by atoms with van der Waals surface area (Å²) in [5, 5.41) is 9.30. The fourth-order valence-electron chi connectivity index (χ4n) is 2.32. The maximum atomic E-state index is 12.2. The molecular formula is C19H19N3O3. The van der Waals surface area contributed by atoms with Gasteiger partial charge < -0.3 is 19.9 Å². The second-order valence-corrected chi connectivity index (χ2v) is 5.35. The standard InChI is InChI=1S/C19H19N3O3/c1-2-24-13-14-8-10-16(11-9-14)21-19(23)22-17-12-20-25-18(17)15-6-4-3-5-7-15/h3-12H,2,13H2,1H3,(H2,21,22,23). The summed E-state index contributed by atoms with van der Waals surface area (Å²) < 4.78 is 10.6. The van der Waals surface area contributed by atoms with Crippen LogP contribution in [0.15, 0.2) is 65.3 Å². The van der Waals surface area contributed by atoms with E-state index in [0.717, 1.165) is 11.1 Å². The quantitative estimate of drug-likeness (QED) is 0.693. The number of nitrogens with zero attached hydrogens (tertiary/aromatic N) is 1. The average Bonchev–Trinajstić information content (AvgIpc) is 3.10. The normalized spacial score (nSPS) is 10.4. The highest BCUT2D eigenvalue weighted by Gasteiger charge is 2.13. The number of carbonyl (C=O) groups excluding carboxylic acids is 1. The molecule has 128 valence electrons. The fraction of sp³-hybridized carbons (Fsp3) is 0.158. The van der Waals surface area contributed by atoms with Crippen molar-refractivity contribution in [2.75, 3.05) is 17.2 Å². The topological polar surface area (TPSA) is 76.4 Å². The number of ether oxygens (including phenoxy) is 1. The number of aromatic nitrogens is 1. The van der Waals surface area contributed by atoms with Crippen LogP contribution in [0, 0.1) is 0 Å². The number of hydrogen-bond acceptors (Lipinski definition) is 4. The van der Waals surface area contributed by atoms with Gasteiger partial charge in [-0.2, -0.15) is 0 Å². The van der Waals surface area contributed by atoms with Crippen molar-refractivity contribution < 1.29 is 14.1 Å². The first-order valence-corrected chi connectivity index (χ1v) is 8.01. The van der Waals surface area contributed by atoms with Crippen molar-refractivity contribution in [1.82, 2.24) is 5.16 Å². The lowest BCUT2D eigenvalue weighted by molar-refractivity contribution is 0.134. The Morgan fingerprint density at radius 2 is 1.84 bits per heavy atom. The van der Waals surface area contributed by atoms with Crippen molar-refractivity contribution in [3.8, 4) is 11.3 Å². The van der Waals surface area contributed by atoms with E-state index in [0.29, 0.717) is 30.3 Å². The summed E-state index contributed by atoms with van der Waals surface area (Å²) in [6.45, 7) is 3.18. The molecule has 2 amide bonds. The minimum Gasteiger partial charge on any atom is -0.377 e. The number of amides is 2. The van der Waals surface area contributed by atoms with E-state index in [9.17, 15) is 4.79 Å². The minimum atomic E-state index is -0.363. The molecule has 1 heterocycles. The zero-order valence-electron chi connectivity index (χ0n) is 13.9. The van der Waals surface area contributed by atoms with Gasteiger partial charge in [0.2, 0.25) is 0 Å². The summed E-state index contributed by atoms with van der Waals surface area (Å²) in [6, 6.07) is 16.6. The van der Waals surface area contributed by atoms with Crippen molar-refractivity contribution in [3.63, 3.8) is 0 Å². The van der Waals surface area contributed by atoms with Crippen LogP contribution >= 0.6 is 0 Å². The van der Waals surface area contributed by atoms with Gasteiger partial charge in [-0.25, -0.2) is 4.79 Å². The molecule has 2 N–H and O–H groups in total. The third-order valence-corrected chi connectivity index (χ3v) is 3.54. The maximum Gasteiger partial charge on any atom is 0.323 e. The van der Waals surface area contributed by atoms with Crippen LogP contribution in [0.25, 0.3) is 11.3 Å². The average molecular weight is 337 g/mol. The molecule has 25 heavy (non-hydrogen) atoms.